The molecule has 0 amide bonds. The Hall–Kier alpha value is -1.81. The molecule has 0 aliphatic carbocycles. The number of thiazole rings is 1. The van der Waals surface area contributed by atoms with Gasteiger partial charge < -0.3 is 0 Å². The number of hydrogen-bond donors (Lipinski definition) is 0. The molecule has 0 fully saturated rings. The van der Waals surface area contributed by atoms with E-state index in [1.54, 1.807) is 23.7 Å². The van der Waals surface area contributed by atoms with Gasteiger partial charge in [-0.3, -0.25) is 9.97 Å². The third kappa shape index (κ3) is 1.91. The molecule has 3 aromatic rings. The molecule has 3 nitrogen and oxygen atoms in total. The molecule has 0 radical (unpaired) electrons. The average Bonchev–Trinajstić information content (AvgIpc) is 2.87. The van der Waals surface area contributed by atoms with E-state index in [-0.39, 0.29) is 0 Å². The first-order valence-electron chi connectivity index (χ1n) is 5.52. The zero-order valence-electron chi connectivity index (χ0n) is 9.42. The first-order valence-corrected chi connectivity index (χ1v) is 6.40. The highest BCUT2D eigenvalue weighted by atomic mass is 32.1. The van der Waals surface area contributed by atoms with E-state index in [1.165, 1.54) is 0 Å². The second-order valence-electron chi connectivity index (χ2n) is 3.76. The van der Waals surface area contributed by atoms with E-state index in [2.05, 4.69) is 33.3 Å². The maximum atomic E-state index is 4.58. The number of aromatic nitrogens is 3. The van der Waals surface area contributed by atoms with Gasteiger partial charge in [0, 0.05) is 23.3 Å². The van der Waals surface area contributed by atoms with E-state index in [9.17, 15) is 0 Å². The predicted molar refractivity (Wildman–Crippen MR) is 70.0 cm³/mol. The van der Waals surface area contributed by atoms with Crippen LogP contribution in [0.3, 0.4) is 0 Å². The van der Waals surface area contributed by atoms with Gasteiger partial charge in [-0.2, -0.15) is 0 Å². The molecule has 2 heterocycles. The van der Waals surface area contributed by atoms with Crippen molar-refractivity contribution in [1.82, 2.24) is 15.0 Å². The van der Waals surface area contributed by atoms with Gasteiger partial charge in [0.1, 0.15) is 5.01 Å². The Balaban J connectivity index is 2.11. The van der Waals surface area contributed by atoms with Crippen molar-refractivity contribution < 1.29 is 0 Å². The van der Waals surface area contributed by atoms with E-state index in [4.69, 9.17) is 0 Å². The maximum absolute atomic E-state index is 4.58. The molecule has 17 heavy (non-hydrogen) atoms. The fourth-order valence-electron chi connectivity index (χ4n) is 1.70. The average molecular weight is 241 g/mol. The highest BCUT2D eigenvalue weighted by molar-refractivity contribution is 7.13. The molecule has 3 rings (SSSR count). The van der Waals surface area contributed by atoms with Crippen LogP contribution < -0.4 is 0 Å². The molecule has 0 N–H and O–H groups in total. The lowest BCUT2D eigenvalue weighted by Crippen LogP contribution is -1.84. The molecule has 0 unspecified atom stereocenters. The second kappa shape index (κ2) is 4.22. The Labute approximate surface area is 103 Å². The van der Waals surface area contributed by atoms with E-state index >= 15 is 0 Å². The number of benzene rings is 1. The molecule has 0 spiro atoms. The largest absolute Gasteiger partial charge is 0.253 e. The minimum absolute atomic E-state index is 0.915. The Kier molecular flexibility index (Phi) is 2.57. The van der Waals surface area contributed by atoms with Crippen LogP contribution in [0.15, 0.2) is 36.0 Å². The third-order valence-corrected chi connectivity index (χ3v) is 3.57. The molecular formula is C13H11N3S. The fourth-order valence-corrected chi connectivity index (χ4v) is 2.60. The second-order valence-corrected chi connectivity index (χ2v) is 4.62. The first kappa shape index (κ1) is 10.4. The van der Waals surface area contributed by atoms with Gasteiger partial charge >= 0.3 is 0 Å². The summed E-state index contributed by atoms with van der Waals surface area (Å²) in [5, 5.41) is 3.16. The monoisotopic (exact) mass is 241 g/mol. The lowest BCUT2D eigenvalue weighted by atomic mass is 10.2. The Morgan fingerprint density at radius 1 is 1.12 bits per heavy atom. The van der Waals surface area contributed by atoms with Crippen molar-refractivity contribution >= 4 is 22.4 Å². The van der Waals surface area contributed by atoms with Crippen LogP contribution in [0.4, 0.5) is 0 Å². The zero-order chi connectivity index (χ0) is 11.7. The van der Waals surface area contributed by atoms with Crippen LogP contribution in [0.1, 0.15) is 12.6 Å². The molecule has 1 aromatic carbocycles. The summed E-state index contributed by atoms with van der Waals surface area (Å²) < 4.78 is 0. The molecule has 0 aliphatic heterocycles. The molecule has 0 saturated carbocycles. The first-order chi connectivity index (χ1) is 8.36. The summed E-state index contributed by atoms with van der Waals surface area (Å²) in [5.41, 5.74) is 4.09. The van der Waals surface area contributed by atoms with Crippen molar-refractivity contribution in [3.05, 3.63) is 41.7 Å². The number of aryl methyl sites for hydroxylation is 1. The van der Waals surface area contributed by atoms with Gasteiger partial charge in [0.2, 0.25) is 0 Å². The quantitative estimate of drug-likeness (QED) is 0.691. The van der Waals surface area contributed by atoms with Gasteiger partial charge in [-0.15, -0.1) is 11.3 Å². The standard InChI is InChI=1S/C13H11N3S/c1-2-10-8-17-13(16-10)9-3-4-11-12(7-9)15-6-5-14-11/h3-8H,2H2,1H3. The highest BCUT2D eigenvalue weighted by Gasteiger charge is 2.05. The Morgan fingerprint density at radius 2 is 1.94 bits per heavy atom. The van der Waals surface area contributed by atoms with E-state index in [0.29, 0.717) is 0 Å². The van der Waals surface area contributed by atoms with Crippen LogP contribution in [0.25, 0.3) is 21.6 Å². The van der Waals surface area contributed by atoms with Gasteiger partial charge in [-0.1, -0.05) is 6.92 Å². The Bertz CT molecular complexity index is 660. The van der Waals surface area contributed by atoms with Gasteiger partial charge in [0.25, 0.3) is 0 Å². The molecule has 0 atom stereocenters. The summed E-state index contributed by atoms with van der Waals surface area (Å²) in [4.78, 5) is 13.1. The van der Waals surface area contributed by atoms with E-state index < -0.39 is 0 Å². The summed E-state index contributed by atoms with van der Waals surface area (Å²) >= 11 is 1.68. The van der Waals surface area contributed by atoms with Crippen molar-refractivity contribution in [3.63, 3.8) is 0 Å². The molecule has 4 heteroatoms. The van der Waals surface area contributed by atoms with Crippen molar-refractivity contribution in [2.24, 2.45) is 0 Å². The number of nitrogens with zero attached hydrogens (tertiary/aromatic N) is 3. The van der Waals surface area contributed by atoms with Gasteiger partial charge in [0.05, 0.1) is 16.7 Å². The van der Waals surface area contributed by atoms with Crippen molar-refractivity contribution in [1.29, 1.82) is 0 Å². The van der Waals surface area contributed by atoms with Gasteiger partial charge in [0.15, 0.2) is 0 Å². The summed E-state index contributed by atoms with van der Waals surface area (Å²) in [6.45, 7) is 2.12. The maximum Gasteiger partial charge on any atom is 0.123 e. The van der Waals surface area contributed by atoms with Crippen LogP contribution in [-0.2, 0) is 6.42 Å². The van der Waals surface area contributed by atoms with Crippen molar-refractivity contribution in [2.45, 2.75) is 13.3 Å². The summed E-state index contributed by atoms with van der Waals surface area (Å²) in [6, 6.07) is 6.08. The minimum Gasteiger partial charge on any atom is -0.253 e. The molecule has 0 aliphatic rings. The zero-order valence-corrected chi connectivity index (χ0v) is 10.2. The highest BCUT2D eigenvalue weighted by Crippen LogP contribution is 2.25. The van der Waals surface area contributed by atoms with Crippen molar-refractivity contribution in [3.8, 4) is 10.6 Å². The van der Waals surface area contributed by atoms with Crippen LogP contribution in [-0.4, -0.2) is 15.0 Å². The van der Waals surface area contributed by atoms with Crippen LogP contribution in [0.5, 0.6) is 0 Å². The van der Waals surface area contributed by atoms with Crippen LogP contribution >= 0.6 is 11.3 Å². The summed E-state index contributed by atoms with van der Waals surface area (Å²) in [7, 11) is 0. The molecule has 0 bridgehead atoms. The van der Waals surface area contributed by atoms with Gasteiger partial charge in [-0.25, -0.2) is 4.98 Å². The lowest BCUT2D eigenvalue weighted by molar-refractivity contribution is 1.07. The van der Waals surface area contributed by atoms with E-state index in [1.807, 2.05) is 12.1 Å². The SMILES string of the molecule is CCc1csc(-c2ccc3nccnc3c2)n1. The lowest BCUT2D eigenvalue weighted by Gasteiger charge is -1.98. The Morgan fingerprint density at radius 3 is 2.71 bits per heavy atom. The molecule has 0 saturated heterocycles. The predicted octanol–water partition coefficient (Wildman–Crippen LogP) is 3.32. The van der Waals surface area contributed by atoms with Crippen LogP contribution in [0, 0.1) is 0 Å². The number of fused-ring (bicyclic) bond motifs is 1. The third-order valence-electron chi connectivity index (χ3n) is 2.63. The van der Waals surface area contributed by atoms with Gasteiger partial charge in [-0.05, 0) is 24.6 Å². The molecular weight excluding hydrogens is 230 g/mol. The smallest absolute Gasteiger partial charge is 0.123 e. The fraction of sp³-hybridized carbons (Fsp3) is 0.154. The number of hydrogen-bond acceptors (Lipinski definition) is 4. The normalized spacial score (nSPS) is 10.9. The summed E-state index contributed by atoms with van der Waals surface area (Å²) in [6.07, 6.45) is 4.40. The molecule has 84 valence electrons. The van der Waals surface area contributed by atoms with Crippen molar-refractivity contribution in [2.75, 3.05) is 0 Å². The number of rotatable bonds is 2. The molecule has 2 aromatic heterocycles. The van der Waals surface area contributed by atoms with E-state index in [0.717, 1.165) is 33.7 Å². The summed E-state index contributed by atoms with van der Waals surface area (Å²) in [5.74, 6) is 0. The topological polar surface area (TPSA) is 38.7 Å². The minimum atomic E-state index is 0.915. The van der Waals surface area contributed by atoms with Crippen LogP contribution in [0.2, 0.25) is 0 Å².